The molecular weight excluding hydrogens is 232 g/mol. The molecule has 3 N–H and O–H groups in total. The van der Waals surface area contributed by atoms with Crippen molar-refractivity contribution in [2.45, 2.75) is 18.9 Å². The molecule has 6 heteroatoms. The third-order valence-electron chi connectivity index (χ3n) is 2.94. The molecule has 1 aromatic rings. The van der Waals surface area contributed by atoms with Gasteiger partial charge < -0.3 is 20.5 Å². The maximum absolute atomic E-state index is 12.0. The van der Waals surface area contributed by atoms with E-state index in [0.717, 1.165) is 12.8 Å². The van der Waals surface area contributed by atoms with E-state index in [0.29, 0.717) is 17.4 Å². The van der Waals surface area contributed by atoms with Crippen molar-refractivity contribution < 1.29 is 9.59 Å². The number of nitrogens with two attached hydrogens (primary N) is 1. The lowest BCUT2D eigenvalue weighted by Crippen LogP contribution is -2.36. The number of amides is 2. The summed E-state index contributed by atoms with van der Waals surface area (Å²) in [5.41, 5.74) is 6.82. The SMILES string of the molecule is CN(C)C(=O)CNC(=O)c1cc(N)cn1C1CC1. The van der Waals surface area contributed by atoms with Gasteiger partial charge >= 0.3 is 0 Å². The number of nitrogen functional groups attached to an aromatic ring is 1. The number of nitrogens with zero attached hydrogens (tertiary/aromatic N) is 2. The molecule has 0 radical (unpaired) electrons. The van der Waals surface area contributed by atoms with Gasteiger partial charge in [-0.25, -0.2) is 0 Å². The second kappa shape index (κ2) is 4.72. The number of hydrogen-bond donors (Lipinski definition) is 2. The predicted octanol–water partition coefficient (Wildman–Crippen LogP) is 0.223. The van der Waals surface area contributed by atoms with Crippen LogP contribution in [0.5, 0.6) is 0 Å². The van der Waals surface area contributed by atoms with Crippen LogP contribution < -0.4 is 11.1 Å². The van der Waals surface area contributed by atoms with E-state index in [2.05, 4.69) is 5.32 Å². The normalized spacial score (nSPS) is 14.3. The Labute approximate surface area is 106 Å². The van der Waals surface area contributed by atoms with Crippen molar-refractivity contribution in [1.82, 2.24) is 14.8 Å². The van der Waals surface area contributed by atoms with Gasteiger partial charge in [-0.05, 0) is 18.9 Å². The first kappa shape index (κ1) is 12.5. The zero-order valence-corrected chi connectivity index (χ0v) is 10.6. The lowest BCUT2D eigenvalue weighted by Gasteiger charge is -2.12. The molecule has 1 aliphatic rings. The summed E-state index contributed by atoms with van der Waals surface area (Å²) in [5.74, 6) is -0.394. The highest BCUT2D eigenvalue weighted by atomic mass is 16.2. The van der Waals surface area contributed by atoms with Crippen LogP contribution in [0.4, 0.5) is 5.69 Å². The van der Waals surface area contributed by atoms with Gasteiger partial charge in [-0.2, -0.15) is 0 Å². The molecule has 0 aromatic carbocycles. The van der Waals surface area contributed by atoms with E-state index in [9.17, 15) is 9.59 Å². The van der Waals surface area contributed by atoms with Crippen LogP contribution in [0.3, 0.4) is 0 Å². The average Bonchev–Trinajstić information content (AvgIpc) is 3.08. The highest BCUT2D eigenvalue weighted by Crippen LogP contribution is 2.37. The van der Waals surface area contributed by atoms with Crippen molar-refractivity contribution in [3.8, 4) is 0 Å². The fraction of sp³-hybridized carbons (Fsp3) is 0.500. The maximum Gasteiger partial charge on any atom is 0.268 e. The zero-order chi connectivity index (χ0) is 13.3. The summed E-state index contributed by atoms with van der Waals surface area (Å²) in [7, 11) is 3.30. The first-order valence-corrected chi connectivity index (χ1v) is 5.94. The Kier molecular flexibility index (Phi) is 3.27. The van der Waals surface area contributed by atoms with Crippen LogP contribution in [0, 0.1) is 0 Å². The summed E-state index contributed by atoms with van der Waals surface area (Å²) in [6, 6.07) is 2.03. The van der Waals surface area contributed by atoms with Crippen LogP contribution in [0.1, 0.15) is 29.4 Å². The zero-order valence-electron chi connectivity index (χ0n) is 10.6. The third-order valence-corrected chi connectivity index (χ3v) is 2.94. The largest absolute Gasteiger partial charge is 0.397 e. The number of carbonyl (C=O) groups excluding carboxylic acids is 2. The highest BCUT2D eigenvalue weighted by molar-refractivity contribution is 5.96. The number of rotatable bonds is 4. The molecule has 98 valence electrons. The van der Waals surface area contributed by atoms with Gasteiger partial charge in [0.1, 0.15) is 5.69 Å². The minimum Gasteiger partial charge on any atom is -0.397 e. The smallest absolute Gasteiger partial charge is 0.268 e. The molecule has 1 aromatic heterocycles. The first-order chi connectivity index (χ1) is 8.49. The Bertz CT molecular complexity index is 474. The third kappa shape index (κ3) is 2.64. The van der Waals surface area contributed by atoms with Gasteiger partial charge in [0.05, 0.1) is 12.2 Å². The van der Waals surface area contributed by atoms with E-state index in [-0.39, 0.29) is 18.4 Å². The Balaban J connectivity index is 2.02. The summed E-state index contributed by atoms with van der Waals surface area (Å²) in [6.45, 7) is 0.00157. The van der Waals surface area contributed by atoms with E-state index in [1.165, 1.54) is 4.90 Å². The molecule has 0 spiro atoms. The van der Waals surface area contributed by atoms with E-state index in [4.69, 9.17) is 5.73 Å². The Morgan fingerprint density at radius 3 is 2.72 bits per heavy atom. The summed E-state index contributed by atoms with van der Waals surface area (Å²) in [6.07, 6.45) is 3.93. The second-order valence-electron chi connectivity index (χ2n) is 4.77. The number of nitrogens with one attached hydrogen (secondary N) is 1. The fourth-order valence-electron chi connectivity index (χ4n) is 1.74. The van der Waals surface area contributed by atoms with Gasteiger partial charge in [0, 0.05) is 26.3 Å². The van der Waals surface area contributed by atoms with Crippen LogP contribution in [-0.4, -0.2) is 41.9 Å². The van der Waals surface area contributed by atoms with Gasteiger partial charge in [0.25, 0.3) is 5.91 Å². The molecule has 18 heavy (non-hydrogen) atoms. The molecular formula is C12H18N4O2. The van der Waals surface area contributed by atoms with Crippen LogP contribution in [0.15, 0.2) is 12.3 Å². The van der Waals surface area contributed by atoms with E-state index in [1.54, 1.807) is 26.4 Å². The summed E-state index contributed by atoms with van der Waals surface area (Å²) < 4.78 is 1.89. The summed E-state index contributed by atoms with van der Waals surface area (Å²) >= 11 is 0. The lowest BCUT2D eigenvalue weighted by atomic mass is 10.3. The molecule has 1 saturated carbocycles. The van der Waals surface area contributed by atoms with Crippen molar-refractivity contribution in [2.24, 2.45) is 0 Å². The van der Waals surface area contributed by atoms with E-state index in [1.807, 2.05) is 4.57 Å². The second-order valence-corrected chi connectivity index (χ2v) is 4.77. The van der Waals surface area contributed by atoms with Crippen molar-refractivity contribution >= 4 is 17.5 Å². The molecule has 1 aliphatic carbocycles. The molecule has 0 atom stereocenters. The van der Waals surface area contributed by atoms with Crippen LogP contribution in [-0.2, 0) is 4.79 Å². The summed E-state index contributed by atoms with van der Waals surface area (Å²) in [4.78, 5) is 24.8. The van der Waals surface area contributed by atoms with Crippen LogP contribution in [0.25, 0.3) is 0 Å². The molecule has 1 fully saturated rings. The quantitative estimate of drug-likeness (QED) is 0.802. The van der Waals surface area contributed by atoms with E-state index >= 15 is 0 Å². The predicted molar refractivity (Wildman–Crippen MR) is 68.1 cm³/mol. The van der Waals surface area contributed by atoms with Gasteiger partial charge in [-0.15, -0.1) is 0 Å². The molecule has 2 rings (SSSR count). The van der Waals surface area contributed by atoms with Gasteiger partial charge in [0.15, 0.2) is 0 Å². The number of anilines is 1. The minimum atomic E-state index is -0.256. The minimum absolute atomic E-state index is 0.00157. The first-order valence-electron chi connectivity index (χ1n) is 5.94. The van der Waals surface area contributed by atoms with Crippen molar-refractivity contribution in [2.75, 3.05) is 26.4 Å². The summed E-state index contributed by atoms with van der Waals surface area (Å²) in [5, 5.41) is 2.61. The molecule has 0 aliphatic heterocycles. The number of carbonyl (C=O) groups is 2. The molecule has 0 bridgehead atoms. The number of likely N-dealkylation sites (N-methyl/N-ethyl adjacent to an activating group) is 1. The van der Waals surface area contributed by atoms with Crippen molar-refractivity contribution in [1.29, 1.82) is 0 Å². The highest BCUT2D eigenvalue weighted by Gasteiger charge is 2.27. The Hall–Kier alpha value is -1.98. The number of hydrogen-bond acceptors (Lipinski definition) is 3. The standard InChI is InChI=1S/C12H18N4O2/c1-15(2)11(17)6-14-12(18)10-5-8(13)7-16(10)9-3-4-9/h5,7,9H,3-4,6,13H2,1-2H3,(H,14,18). The fourth-order valence-corrected chi connectivity index (χ4v) is 1.74. The van der Waals surface area contributed by atoms with Crippen LogP contribution >= 0.6 is 0 Å². The Morgan fingerprint density at radius 2 is 2.17 bits per heavy atom. The molecule has 0 unspecified atom stereocenters. The van der Waals surface area contributed by atoms with Crippen molar-refractivity contribution in [3.05, 3.63) is 18.0 Å². The molecule has 1 heterocycles. The lowest BCUT2D eigenvalue weighted by molar-refractivity contribution is -0.127. The molecule has 6 nitrogen and oxygen atoms in total. The molecule has 2 amide bonds. The molecule has 0 saturated heterocycles. The average molecular weight is 250 g/mol. The van der Waals surface area contributed by atoms with Gasteiger partial charge in [-0.1, -0.05) is 0 Å². The van der Waals surface area contributed by atoms with Crippen molar-refractivity contribution in [3.63, 3.8) is 0 Å². The van der Waals surface area contributed by atoms with Gasteiger partial charge in [0.2, 0.25) is 5.91 Å². The maximum atomic E-state index is 12.0. The number of aromatic nitrogens is 1. The van der Waals surface area contributed by atoms with Crippen LogP contribution in [0.2, 0.25) is 0 Å². The monoisotopic (exact) mass is 250 g/mol. The van der Waals surface area contributed by atoms with E-state index < -0.39 is 0 Å². The Morgan fingerprint density at radius 1 is 1.50 bits per heavy atom. The van der Waals surface area contributed by atoms with Gasteiger partial charge in [-0.3, -0.25) is 9.59 Å². The topological polar surface area (TPSA) is 80.4 Å².